The summed E-state index contributed by atoms with van der Waals surface area (Å²) in [5.41, 5.74) is 11.9. The number of amides is 1. The number of aromatic nitrogens is 2. The van der Waals surface area contributed by atoms with E-state index in [0.29, 0.717) is 52.5 Å². The molecule has 0 saturated heterocycles. The predicted molar refractivity (Wildman–Crippen MR) is 162 cm³/mol. The number of nitrogens with zero attached hydrogens (tertiary/aromatic N) is 4. The molecular weight excluding hydrogens is 504 g/mol. The smallest absolute Gasteiger partial charge is 0.274 e. The molecule has 9 nitrogen and oxygen atoms in total. The molecule has 0 fully saturated rings. The SMILES string of the molecule is CC.CN(C)c1ccc2c(c1)CCN(c1cccc(-c3cc(Nc4cc(N)ccn4)c(=O)n(C)c3)c1CO)C2=O. The van der Waals surface area contributed by atoms with Crippen molar-refractivity contribution in [3.63, 3.8) is 0 Å². The van der Waals surface area contributed by atoms with Crippen molar-refractivity contribution in [1.29, 1.82) is 0 Å². The molecule has 1 amide bonds. The topological polar surface area (TPSA) is 117 Å². The van der Waals surface area contributed by atoms with Gasteiger partial charge in [0, 0.05) is 74.2 Å². The Balaban J connectivity index is 0.00000181. The fraction of sp³-hybridized carbons (Fsp3) is 0.258. The van der Waals surface area contributed by atoms with Crippen LogP contribution < -0.4 is 26.4 Å². The van der Waals surface area contributed by atoms with Crippen molar-refractivity contribution in [3.8, 4) is 11.1 Å². The quantitative estimate of drug-likeness (QED) is 0.328. The maximum Gasteiger partial charge on any atom is 0.274 e. The minimum Gasteiger partial charge on any atom is -0.399 e. The van der Waals surface area contributed by atoms with Crippen molar-refractivity contribution < 1.29 is 9.90 Å². The molecular formula is C31H36N6O3. The minimum atomic E-state index is -0.274. The summed E-state index contributed by atoms with van der Waals surface area (Å²) in [6.45, 7) is 4.23. The average Bonchev–Trinajstić information content (AvgIpc) is 2.96. The van der Waals surface area contributed by atoms with Crippen LogP contribution in [0.25, 0.3) is 11.1 Å². The number of nitrogens with one attached hydrogen (secondary N) is 1. The molecule has 0 unspecified atom stereocenters. The molecule has 0 saturated carbocycles. The highest BCUT2D eigenvalue weighted by atomic mass is 16.3. The molecule has 0 spiro atoms. The van der Waals surface area contributed by atoms with Crippen LogP contribution >= 0.6 is 0 Å². The summed E-state index contributed by atoms with van der Waals surface area (Å²) in [5, 5.41) is 13.5. The number of carbonyl (C=O) groups excluding carboxylic acids is 1. The van der Waals surface area contributed by atoms with Crippen molar-refractivity contribution in [2.45, 2.75) is 26.9 Å². The molecule has 0 aliphatic carbocycles. The molecule has 0 radical (unpaired) electrons. The number of rotatable bonds is 6. The zero-order chi connectivity index (χ0) is 29.0. The van der Waals surface area contributed by atoms with Gasteiger partial charge in [0.05, 0.1) is 12.3 Å². The summed E-state index contributed by atoms with van der Waals surface area (Å²) in [4.78, 5) is 34.4. The highest BCUT2D eigenvalue weighted by Crippen LogP contribution is 2.35. The van der Waals surface area contributed by atoms with Crippen LogP contribution in [0.4, 0.5) is 28.6 Å². The number of aryl methyl sites for hydroxylation is 1. The zero-order valence-corrected chi connectivity index (χ0v) is 23.6. The van der Waals surface area contributed by atoms with Gasteiger partial charge in [0.25, 0.3) is 11.5 Å². The van der Waals surface area contributed by atoms with Crippen LogP contribution in [-0.2, 0) is 20.1 Å². The van der Waals surface area contributed by atoms with E-state index in [2.05, 4.69) is 16.4 Å². The first-order valence-corrected chi connectivity index (χ1v) is 13.3. The van der Waals surface area contributed by atoms with Gasteiger partial charge in [-0.15, -0.1) is 0 Å². The van der Waals surface area contributed by atoms with E-state index in [9.17, 15) is 14.7 Å². The summed E-state index contributed by atoms with van der Waals surface area (Å²) >= 11 is 0. The molecule has 4 N–H and O–H groups in total. The lowest BCUT2D eigenvalue weighted by atomic mass is 9.94. The lowest BCUT2D eigenvalue weighted by Crippen LogP contribution is -2.38. The number of carbonyl (C=O) groups is 1. The summed E-state index contributed by atoms with van der Waals surface area (Å²) in [6, 6.07) is 16.5. The van der Waals surface area contributed by atoms with Gasteiger partial charge in [-0.1, -0.05) is 26.0 Å². The van der Waals surface area contributed by atoms with Gasteiger partial charge in [0.1, 0.15) is 11.5 Å². The van der Waals surface area contributed by atoms with Crippen LogP contribution in [0.5, 0.6) is 0 Å². The summed E-state index contributed by atoms with van der Waals surface area (Å²) < 4.78 is 1.47. The van der Waals surface area contributed by atoms with E-state index in [0.717, 1.165) is 16.8 Å². The Morgan fingerprint density at radius 3 is 2.52 bits per heavy atom. The normalized spacial score (nSPS) is 12.3. The third-order valence-electron chi connectivity index (χ3n) is 6.83. The average molecular weight is 541 g/mol. The number of fused-ring (bicyclic) bond motifs is 1. The number of hydrogen-bond donors (Lipinski definition) is 3. The minimum absolute atomic E-state index is 0.0982. The summed E-state index contributed by atoms with van der Waals surface area (Å²) in [6.07, 6.45) is 3.99. The van der Waals surface area contributed by atoms with Gasteiger partial charge >= 0.3 is 0 Å². The van der Waals surface area contributed by atoms with Crippen LogP contribution in [0.3, 0.4) is 0 Å². The first-order chi connectivity index (χ1) is 19.3. The Morgan fingerprint density at radius 2 is 1.82 bits per heavy atom. The molecule has 1 aliphatic rings. The maximum atomic E-state index is 13.6. The second-order valence-corrected chi connectivity index (χ2v) is 9.56. The molecule has 4 aromatic rings. The van der Waals surface area contributed by atoms with Crippen molar-refractivity contribution in [1.82, 2.24) is 9.55 Å². The van der Waals surface area contributed by atoms with Crippen molar-refractivity contribution in [2.24, 2.45) is 7.05 Å². The number of anilines is 5. The van der Waals surface area contributed by atoms with Gasteiger partial charge < -0.3 is 30.5 Å². The summed E-state index contributed by atoms with van der Waals surface area (Å²) in [7, 11) is 5.62. The van der Waals surface area contributed by atoms with E-state index in [1.807, 2.05) is 63.2 Å². The molecule has 2 aromatic carbocycles. The van der Waals surface area contributed by atoms with Gasteiger partial charge in [-0.25, -0.2) is 4.98 Å². The number of benzene rings is 2. The van der Waals surface area contributed by atoms with E-state index < -0.39 is 0 Å². The largest absolute Gasteiger partial charge is 0.399 e. The predicted octanol–water partition coefficient (Wildman–Crippen LogP) is 4.56. The number of nitrogens with two attached hydrogens (primary N) is 1. The molecule has 40 heavy (non-hydrogen) atoms. The standard InChI is InChI=1S/C29H30N6O3.C2H6/c1-33(2)21-7-8-23-18(13-21)10-12-35(28(23)37)26-6-4-5-22(24(26)17-36)19-14-25(29(38)34(3)16-19)32-27-15-20(30)9-11-31-27;1-2/h4-9,11,13-16,36H,10,12,17H2,1-3H3,(H3,30,31,32);1-2H3. The fourth-order valence-electron chi connectivity index (χ4n) is 4.85. The van der Waals surface area contributed by atoms with Crippen molar-refractivity contribution >= 4 is 34.5 Å². The van der Waals surface area contributed by atoms with Crippen LogP contribution in [0.1, 0.15) is 35.3 Å². The van der Waals surface area contributed by atoms with Crippen LogP contribution in [0.15, 0.2) is 71.8 Å². The fourth-order valence-corrected chi connectivity index (χ4v) is 4.85. The first kappa shape index (κ1) is 28.4. The number of aliphatic hydroxyl groups excluding tert-OH is 1. The second-order valence-electron chi connectivity index (χ2n) is 9.56. The Bertz CT molecular complexity index is 1590. The van der Waals surface area contributed by atoms with Crippen molar-refractivity contribution in [3.05, 3.63) is 94.0 Å². The highest BCUT2D eigenvalue weighted by Gasteiger charge is 2.28. The molecule has 0 atom stereocenters. The molecule has 5 rings (SSSR count). The maximum absolute atomic E-state index is 13.6. The Morgan fingerprint density at radius 1 is 1.05 bits per heavy atom. The molecule has 1 aliphatic heterocycles. The van der Waals surface area contributed by atoms with Crippen LogP contribution in [0.2, 0.25) is 0 Å². The van der Waals surface area contributed by atoms with Gasteiger partial charge in [-0.2, -0.15) is 0 Å². The Labute approximate surface area is 234 Å². The lowest BCUT2D eigenvalue weighted by Gasteiger charge is -2.31. The third-order valence-corrected chi connectivity index (χ3v) is 6.83. The second kappa shape index (κ2) is 12.0. The molecule has 9 heteroatoms. The molecule has 3 heterocycles. The Hall–Kier alpha value is -4.63. The number of pyridine rings is 2. The number of nitrogen functional groups attached to an aromatic ring is 1. The third kappa shape index (κ3) is 5.55. The lowest BCUT2D eigenvalue weighted by molar-refractivity contribution is 0.0980. The van der Waals surface area contributed by atoms with E-state index in [4.69, 9.17) is 5.73 Å². The molecule has 208 valence electrons. The van der Waals surface area contributed by atoms with E-state index in [1.54, 1.807) is 42.5 Å². The van der Waals surface area contributed by atoms with E-state index >= 15 is 0 Å². The van der Waals surface area contributed by atoms with Crippen LogP contribution in [0, 0.1) is 0 Å². The van der Waals surface area contributed by atoms with Gasteiger partial charge in [0.15, 0.2) is 0 Å². The molecule has 2 aromatic heterocycles. The zero-order valence-electron chi connectivity index (χ0n) is 23.6. The number of aliphatic hydroxyl groups is 1. The first-order valence-electron chi connectivity index (χ1n) is 13.3. The van der Waals surface area contributed by atoms with E-state index in [-0.39, 0.29) is 18.1 Å². The summed E-state index contributed by atoms with van der Waals surface area (Å²) in [5.74, 6) is 0.351. The van der Waals surface area contributed by atoms with Crippen molar-refractivity contribution in [2.75, 3.05) is 41.5 Å². The van der Waals surface area contributed by atoms with Crippen LogP contribution in [-0.4, -0.2) is 41.2 Å². The Kier molecular flexibility index (Phi) is 8.55. The van der Waals surface area contributed by atoms with Gasteiger partial charge in [-0.05, 0) is 53.9 Å². The van der Waals surface area contributed by atoms with Gasteiger partial charge in [0.2, 0.25) is 0 Å². The monoisotopic (exact) mass is 540 g/mol. The highest BCUT2D eigenvalue weighted by molar-refractivity contribution is 6.09. The number of hydrogen-bond acceptors (Lipinski definition) is 7. The van der Waals surface area contributed by atoms with E-state index in [1.165, 1.54) is 4.57 Å². The van der Waals surface area contributed by atoms with Gasteiger partial charge in [-0.3, -0.25) is 9.59 Å². The molecule has 0 bridgehead atoms.